The number of carbonyl (C=O) groups excluding carboxylic acids is 2. The van der Waals surface area contributed by atoms with Gasteiger partial charge in [0.1, 0.15) is 5.60 Å². The molecule has 0 rings (SSSR count). The van der Waals surface area contributed by atoms with Crippen molar-refractivity contribution in [1.82, 2.24) is 10.6 Å². The van der Waals surface area contributed by atoms with Crippen molar-refractivity contribution in [2.75, 3.05) is 13.1 Å². The summed E-state index contributed by atoms with van der Waals surface area (Å²) in [7, 11) is 0. The summed E-state index contributed by atoms with van der Waals surface area (Å²) in [5, 5.41) is 13.5. The van der Waals surface area contributed by atoms with E-state index in [-0.39, 0.29) is 18.7 Å². The number of carboxylic acids is 1. The van der Waals surface area contributed by atoms with Crippen LogP contribution in [0.5, 0.6) is 0 Å². The average Bonchev–Trinajstić information content (AvgIpc) is 2.23. The van der Waals surface area contributed by atoms with Gasteiger partial charge in [-0.15, -0.1) is 0 Å². The molecule has 2 amide bonds. The van der Waals surface area contributed by atoms with E-state index in [2.05, 4.69) is 10.6 Å². The van der Waals surface area contributed by atoms with Gasteiger partial charge >= 0.3 is 12.1 Å². The van der Waals surface area contributed by atoms with Gasteiger partial charge in [0.2, 0.25) is 5.91 Å². The van der Waals surface area contributed by atoms with Crippen LogP contribution in [0.25, 0.3) is 0 Å². The predicted octanol–water partition coefficient (Wildman–Crippen LogP) is 0.882. The van der Waals surface area contributed by atoms with Crippen LogP contribution in [0, 0.1) is 0 Å². The molecular weight excluding hydrogens is 252 g/mol. The fourth-order valence-electron chi connectivity index (χ4n) is 1.13. The summed E-state index contributed by atoms with van der Waals surface area (Å²) < 4.78 is 5.03. The third-order valence-corrected chi connectivity index (χ3v) is 1.91. The van der Waals surface area contributed by atoms with Crippen molar-refractivity contribution >= 4 is 18.0 Å². The highest BCUT2D eigenvalue weighted by Gasteiger charge is 2.15. The van der Waals surface area contributed by atoms with Crippen LogP contribution in [0.3, 0.4) is 0 Å². The van der Waals surface area contributed by atoms with Crippen LogP contribution in [0.2, 0.25) is 0 Å². The van der Waals surface area contributed by atoms with E-state index in [0.717, 1.165) is 0 Å². The van der Waals surface area contributed by atoms with Crippen molar-refractivity contribution in [2.45, 2.75) is 45.6 Å². The fourth-order valence-corrected chi connectivity index (χ4v) is 1.13. The number of hydrogen-bond acceptors (Lipinski definition) is 4. The van der Waals surface area contributed by atoms with Gasteiger partial charge in [-0.3, -0.25) is 9.59 Å². The van der Waals surface area contributed by atoms with Gasteiger partial charge in [-0.2, -0.15) is 0 Å². The average molecular weight is 274 g/mol. The molecular formula is C12H22N2O5. The fraction of sp³-hybridized carbons (Fsp3) is 0.750. The molecule has 0 radical (unpaired) electrons. The molecule has 0 heterocycles. The van der Waals surface area contributed by atoms with Crippen LogP contribution >= 0.6 is 0 Å². The van der Waals surface area contributed by atoms with Gasteiger partial charge in [0.15, 0.2) is 0 Å². The number of alkyl carbamates (subject to hydrolysis) is 1. The third-order valence-electron chi connectivity index (χ3n) is 1.91. The van der Waals surface area contributed by atoms with Crippen LogP contribution in [-0.4, -0.2) is 41.8 Å². The maximum atomic E-state index is 11.2. The zero-order chi connectivity index (χ0) is 14.9. The van der Waals surface area contributed by atoms with E-state index in [0.29, 0.717) is 19.5 Å². The standard InChI is InChI=1S/C12H22N2O5/c1-12(2,3)19-11(18)14-8-4-7-13-9(15)5-6-10(16)17/h4-8H2,1-3H3,(H,13,15)(H,14,18)(H,16,17). The molecule has 0 aliphatic carbocycles. The molecule has 7 nitrogen and oxygen atoms in total. The largest absolute Gasteiger partial charge is 0.481 e. The van der Waals surface area contributed by atoms with Crippen molar-refractivity contribution in [3.8, 4) is 0 Å². The minimum absolute atomic E-state index is 0.0329. The number of nitrogens with one attached hydrogen (secondary N) is 2. The van der Waals surface area contributed by atoms with E-state index in [1.54, 1.807) is 20.8 Å². The Bertz CT molecular complexity index is 323. The van der Waals surface area contributed by atoms with Crippen molar-refractivity contribution in [2.24, 2.45) is 0 Å². The van der Waals surface area contributed by atoms with Gasteiger partial charge in [-0.1, -0.05) is 0 Å². The Morgan fingerprint density at radius 1 is 1.05 bits per heavy atom. The number of ether oxygens (including phenoxy) is 1. The molecule has 0 saturated heterocycles. The third kappa shape index (κ3) is 12.5. The van der Waals surface area contributed by atoms with Crippen LogP contribution in [-0.2, 0) is 14.3 Å². The summed E-state index contributed by atoms with van der Waals surface area (Å²) >= 11 is 0. The van der Waals surface area contributed by atoms with E-state index in [1.807, 2.05) is 0 Å². The highest BCUT2D eigenvalue weighted by atomic mass is 16.6. The van der Waals surface area contributed by atoms with Crippen LogP contribution in [0.4, 0.5) is 4.79 Å². The Balaban J connectivity index is 3.52. The SMILES string of the molecule is CC(C)(C)OC(=O)NCCCNC(=O)CCC(=O)O. The van der Waals surface area contributed by atoms with E-state index >= 15 is 0 Å². The minimum atomic E-state index is -0.998. The number of aliphatic carboxylic acids is 1. The molecule has 0 unspecified atom stereocenters. The lowest BCUT2D eigenvalue weighted by atomic mass is 10.2. The first kappa shape index (κ1) is 17.2. The summed E-state index contributed by atoms with van der Waals surface area (Å²) in [6.45, 7) is 6.09. The molecule has 0 aliphatic heterocycles. The number of carboxylic acid groups (broad SMARTS) is 1. The zero-order valence-electron chi connectivity index (χ0n) is 11.6. The van der Waals surface area contributed by atoms with Gasteiger partial charge in [0, 0.05) is 19.5 Å². The number of amides is 2. The number of carbonyl (C=O) groups is 3. The molecule has 0 aromatic heterocycles. The Kier molecular flexibility index (Phi) is 7.55. The quantitative estimate of drug-likeness (QED) is 0.598. The normalized spacial score (nSPS) is 10.7. The molecule has 0 aliphatic rings. The second-order valence-electron chi connectivity index (χ2n) is 5.03. The maximum absolute atomic E-state index is 11.2. The highest BCUT2D eigenvalue weighted by molar-refractivity contribution is 5.80. The zero-order valence-corrected chi connectivity index (χ0v) is 11.6. The molecule has 3 N–H and O–H groups in total. The van der Waals surface area contributed by atoms with E-state index in [9.17, 15) is 14.4 Å². The second-order valence-corrected chi connectivity index (χ2v) is 5.03. The lowest BCUT2D eigenvalue weighted by Gasteiger charge is -2.19. The van der Waals surface area contributed by atoms with Crippen molar-refractivity contribution in [3.05, 3.63) is 0 Å². The van der Waals surface area contributed by atoms with Gasteiger partial charge in [0.25, 0.3) is 0 Å². The topological polar surface area (TPSA) is 105 Å². The minimum Gasteiger partial charge on any atom is -0.481 e. The van der Waals surface area contributed by atoms with E-state index < -0.39 is 17.7 Å². The van der Waals surface area contributed by atoms with E-state index in [1.165, 1.54) is 0 Å². The van der Waals surface area contributed by atoms with Gasteiger partial charge in [-0.25, -0.2) is 4.79 Å². The Hall–Kier alpha value is -1.79. The van der Waals surface area contributed by atoms with Crippen LogP contribution < -0.4 is 10.6 Å². The Morgan fingerprint density at radius 2 is 1.63 bits per heavy atom. The molecule has 110 valence electrons. The Morgan fingerprint density at radius 3 is 2.16 bits per heavy atom. The lowest BCUT2D eigenvalue weighted by molar-refractivity contribution is -0.138. The molecule has 0 atom stereocenters. The van der Waals surface area contributed by atoms with E-state index in [4.69, 9.17) is 9.84 Å². The Labute approximate surface area is 112 Å². The molecule has 0 saturated carbocycles. The van der Waals surface area contributed by atoms with Crippen molar-refractivity contribution in [3.63, 3.8) is 0 Å². The lowest BCUT2D eigenvalue weighted by Crippen LogP contribution is -2.34. The van der Waals surface area contributed by atoms with Crippen molar-refractivity contribution in [1.29, 1.82) is 0 Å². The molecule has 19 heavy (non-hydrogen) atoms. The maximum Gasteiger partial charge on any atom is 0.407 e. The molecule has 0 spiro atoms. The van der Waals surface area contributed by atoms with Crippen LogP contribution in [0.1, 0.15) is 40.0 Å². The summed E-state index contributed by atoms with van der Waals surface area (Å²) in [5.41, 5.74) is -0.533. The first-order valence-electron chi connectivity index (χ1n) is 6.16. The van der Waals surface area contributed by atoms with Gasteiger partial charge in [-0.05, 0) is 27.2 Å². The van der Waals surface area contributed by atoms with Crippen molar-refractivity contribution < 1.29 is 24.2 Å². The monoisotopic (exact) mass is 274 g/mol. The summed E-state index contributed by atoms with van der Waals surface area (Å²) in [6, 6.07) is 0. The molecule has 0 aromatic carbocycles. The molecule has 7 heteroatoms. The first-order valence-corrected chi connectivity index (χ1v) is 6.16. The highest BCUT2D eigenvalue weighted by Crippen LogP contribution is 2.06. The van der Waals surface area contributed by atoms with Gasteiger partial charge < -0.3 is 20.5 Å². The second kappa shape index (κ2) is 8.34. The summed E-state index contributed by atoms with van der Waals surface area (Å²) in [5.74, 6) is -1.30. The molecule has 0 aromatic rings. The summed E-state index contributed by atoms with van der Waals surface area (Å²) in [6.07, 6.45) is -0.154. The predicted molar refractivity (Wildman–Crippen MR) is 68.7 cm³/mol. The molecule has 0 bridgehead atoms. The first-order chi connectivity index (χ1) is 8.70. The number of hydrogen-bond donors (Lipinski definition) is 3. The van der Waals surface area contributed by atoms with Gasteiger partial charge in [0.05, 0.1) is 6.42 Å². The number of rotatable bonds is 7. The molecule has 0 fully saturated rings. The summed E-state index contributed by atoms with van der Waals surface area (Å²) in [4.78, 5) is 32.6. The van der Waals surface area contributed by atoms with Crippen LogP contribution in [0.15, 0.2) is 0 Å². The smallest absolute Gasteiger partial charge is 0.407 e.